The Morgan fingerprint density at radius 3 is 2.50 bits per heavy atom. The minimum atomic E-state index is 1.03. The summed E-state index contributed by atoms with van der Waals surface area (Å²) in [5, 5.41) is 0. The summed E-state index contributed by atoms with van der Waals surface area (Å²) in [7, 11) is 0. The Morgan fingerprint density at radius 2 is 1.72 bits per heavy atom. The number of hydrogen-bond donors (Lipinski definition) is 1. The second-order valence-electron chi connectivity index (χ2n) is 3.93. The molecule has 0 saturated carbocycles. The number of aromatic amines is 1. The van der Waals surface area contributed by atoms with E-state index >= 15 is 0 Å². The van der Waals surface area contributed by atoms with Crippen molar-refractivity contribution in [1.82, 2.24) is 14.4 Å². The standard InChI is InChI=1S/C11H8N2.C4H5N/c1-2-6-11-10(5-1)12-8-9-4-3-7-13(9)11;1-2-4-5-3-1/h1-8H;1-5H. The molecule has 3 nitrogen and oxygen atoms in total. The van der Waals surface area contributed by atoms with Gasteiger partial charge in [0.05, 0.1) is 22.7 Å². The fourth-order valence-electron chi connectivity index (χ4n) is 1.91. The van der Waals surface area contributed by atoms with Crippen LogP contribution in [0, 0.1) is 0 Å². The lowest BCUT2D eigenvalue weighted by molar-refractivity contribution is 1.23. The number of benzene rings is 1. The molecule has 0 saturated heterocycles. The summed E-state index contributed by atoms with van der Waals surface area (Å²) in [6.07, 6.45) is 7.70. The number of para-hydroxylation sites is 2. The van der Waals surface area contributed by atoms with Crippen LogP contribution in [0.4, 0.5) is 0 Å². The van der Waals surface area contributed by atoms with Crippen molar-refractivity contribution >= 4 is 16.6 Å². The molecule has 0 atom stereocenters. The summed E-state index contributed by atoms with van der Waals surface area (Å²) in [5.74, 6) is 0. The molecule has 1 N–H and O–H groups in total. The zero-order valence-corrected chi connectivity index (χ0v) is 9.82. The lowest BCUT2D eigenvalue weighted by atomic mass is 10.3. The van der Waals surface area contributed by atoms with Gasteiger partial charge in [-0.2, -0.15) is 0 Å². The third kappa shape index (κ3) is 1.98. The summed E-state index contributed by atoms with van der Waals surface area (Å²) in [6.45, 7) is 0. The maximum absolute atomic E-state index is 4.36. The molecule has 0 amide bonds. The highest BCUT2D eigenvalue weighted by Crippen LogP contribution is 2.13. The fraction of sp³-hybridized carbons (Fsp3) is 0. The average molecular weight is 235 g/mol. The number of H-pyrrole nitrogens is 1. The Balaban J connectivity index is 0.000000169. The molecule has 0 aliphatic heterocycles. The average Bonchev–Trinajstić information content (AvgIpc) is 3.12. The minimum absolute atomic E-state index is 1.03. The summed E-state index contributed by atoms with van der Waals surface area (Å²) < 4.78 is 2.14. The summed E-state index contributed by atoms with van der Waals surface area (Å²) >= 11 is 0. The molecule has 3 heterocycles. The second kappa shape index (κ2) is 4.75. The van der Waals surface area contributed by atoms with Crippen LogP contribution in [-0.2, 0) is 0 Å². The summed E-state index contributed by atoms with van der Waals surface area (Å²) in [5.41, 5.74) is 3.33. The molecule has 0 unspecified atom stereocenters. The second-order valence-corrected chi connectivity index (χ2v) is 3.93. The predicted molar refractivity (Wildman–Crippen MR) is 73.5 cm³/mol. The quantitative estimate of drug-likeness (QED) is 0.497. The molecule has 3 aromatic heterocycles. The van der Waals surface area contributed by atoms with Crippen molar-refractivity contribution in [3.8, 4) is 0 Å². The largest absolute Gasteiger partial charge is 0.368 e. The van der Waals surface area contributed by atoms with Gasteiger partial charge < -0.3 is 9.38 Å². The Bertz CT molecular complexity index is 721. The van der Waals surface area contributed by atoms with E-state index < -0.39 is 0 Å². The lowest BCUT2D eigenvalue weighted by Gasteiger charge is -2.00. The van der Waals surface area contributed by atoms with E-state index in [0.29, 0.717) is 0 Å². The normalized spacial score (nSPS) is 10.2. The first-order valence-electron chi connectivity index (χ1n) is 5.84. The third-order valence-electron chi connectivity index (χ3n) is 2.75. The summed E-state index contributed by atoms with van der Waals surface area (Å²) in [6, 6.07) is 16.1. The van der Waals surface area contributed by atoms with Gasteiger partial charge in [0.2, 0.25) is 0 Å². The monoisotopic (exact) mass is 235 g/mol. The molecule has 0 fully saturated rings. The van der Waals surface area contributed by atoms with E-state index in [4.69, 9.17) is 0 Å². The molecule has 0 aliphatic rings. The minimum Gasteiger partial charge on any atom is -0.368 e. The molecule has 0 spiro atoms. The molecule has 3 heteroatoms. The topological polar surface area (TPSA) is 33.1 Å². The van der Waals surface area contributed by atoms with E-state index in [9.17, 15) is 0 Å². The summed E-state index contributed by atoms with van der Waals surface area (Å²) in [4.78, 5) is 7.22. The van der Waals surface area contributed by atoms with Crippen molar-refractivity contribution < 1.29 is 0 Å². The first kappa shape index (κ1) is 10.6. The first-order valence-corrected chi connectivity index (χ1v) is 5.84. The predicted octanol–water partition coefficient (Wildman–Crippen LogP) is 3.50. The van der Waals surface area contributed by atoms with Crippen molar-refractivity contribution in [2.75, 3.05) is 0 Å². The van der Waals surface area contributed by atoms with E-state index in [1.165, 1.54) is 0 Å². The molecule has 1 aromatic carbocycles. The number of rotatable bonds is 0. The van der Waals surface area contributed by atoms with E-state index in [0.717, 1.165) is 16.6 Å². The molecule has 4 aromatic rings. The van der Waals surface area contributed by atoms with Crippen LogP contribution in [0.2, 0.25) is 0 Å². The third-order valence-corrected chi connectivity index (χ3v) is 2.75. The molecule has 88 valence electrons. The Labute approximate surface area is 105 Å². The molecule has 18 heavy (non-hydrogen) atoms. The smallest absolute Gasteiger partial charge is 0.0870 e. The molecule has 0 aliphatic carbocycles. The molecule has 0 radical (unpaired) electrons. The molecule has 0 bridgehead atoms. The Morgan fingerprint density at radius 1 is 0.889 bits per heavy atom. The Kier molecular flexibility index (Phi) is 2.80. The Hall–Kier alpha value is -2.55. The van der Waals surface area contributed by atoms with Crippen LogP contribution in [0.5, 0.6) is 0 Å². The zero-order valence-electron chi connectivity index (χ0n) is 9.82. The van der Waals surface area contributed by atoms with E-state index in [1.54, 1.807) is 0 Å². The highest BCUT2D eigenvalue weighted by Gasteiger charge is 1.97. The number of nitrogens with zero attached hydrogens (tertiary/aromatic N) is 2. The van der Waals surface area contributed by atoms with Gasteiger partial charge in [-0.15, -0.1) is 0 Å². The maximum Gasteiger partial charge on any atom is 0.0870 e. The van der Waals surface area contributed by atoms with Crippen LogP contribution in [0.25, 0.3) is 16.6 Å². The van der Waals surface area contributed by atoms with Crippen LogP contribution in [0.3, 0.4) is 0 Å². The fourth-order valence-corrected chi connectivity index (χ4v) is 1.91. The van der Waals surface area contributed by atoms with Gasteiger partial charge in [-0.05, 0) is 36.4 Å². The van der Waals surface area contributed by atoms with Gasteiger partial charge in [0.15, 0.2) is 0 Å². The first-order chi connectivity index (χ1) is 8.95. The van der Waals surface area contributed by atoms with E-state index in [-0.39, 0.29) is 0 Å². The maximum atomic E-state index is 4.36. The van der Waals surface area contributed by atoms with Gasteiger partial charge in [0, 0.05) is 18.6 Å². The van der Waals surface area contributed by atoms with Crippen LogP contribution in [0.15, 0.2) is 73.3 Å². The SMILES string of the molecule is c1cc[nH]c1.c1ccc2c(c1)ncc1cccn12. The van der Waals surface area contributed by atoms with Crippen molar-refractivity contribution in [3.05, 3.63) is 73.3 Å². The number of aromatic nitrogens is 3. The highest BCUT2D eigenvalue weighted by molar-refractivity contribution is 5.77. The zero-order chi connectivity index (χ0) is 12.2. The van der Waals surface area contributed by atoms with E-state index in [2.05, 4.69) is 32.7 Å². The van der Waals surface area contributed by atoms with Gasteiger partial charge in [0.25, 0.3) is 0 Å². The van der Waals surface area contributed by atoms with E-state index in [1.807, 2.05) is 55.0 Å². The van der Waals surface area contributed by atoms with Crippen LogP contribution >= 0.6 is 0 Å². The number of fused-ring (bicyclic) bond motifs is 3. The van der Waals surface area contributed by atoms with Gasteiger partial charge in [-0.3, -0.25) is 4.98 Å². The molecular weight excluding hydrogens is 222 g/mol. The van der Waals surface area contributed by atoms with Crippen molar-refractivity contribution in [3.63, 3.8) is 0 Å². The van der Waals surface area contributed by atoms with Crippen LogP contribution in [0.1, 0.15) is 0 Å². The molecular formula is C15H13N3. The number of hydrogen-bond acceptors (Lipinski definition) is 1. The lowest BCUT2D eigenvalue weighted by Crippen LogP contribution is -1.87. The highest BCUT2D eigenvalue weighted by atomic mass is 14.9. The van der Waals surface area contributed by atoms with Crippen molar-refractivity contribution in [1.29, 1.82) is 0 Å². The van der Waals surface area contributed by atoms with Crippen molar-refractivity contribution in [2.24, 2.45) is 0 Å². The van der Waals surface area contributed by atoms with Gasteiger partial charge in [0.1, 0.15) is 0 Å². The van der Waals surface area contributed by atoms with Crippen LogP contribution < -0.4 is 0 Å². The van der Waals surface area contributed by atoms with Gasteiger partial charge in [-0.25, -0.2) is 0 Å². The van der Waals surface area contributed by atoms with Crippen molar-refractivity contribution in [2.45, 2.75) is 0 Å². The number of nitrogens with one attached hydrogen (secondary N) is 1. The molecule has 4 rings (SSSR count). The van der Waals surface area contributed by atoms with Gasteiger partial charge >= 0.3 is 0 Å². The van der Waals surface area contributed by atoms with Crippen LogP contribution in [-0.4, -0.2) is 14.4 Å². The van der Waals surface area contributed by atoms with Gasteiger partial charge in [-0.1, -0.05) is 12.1 Å².